The van der Waals surface area contributed by atoms with E-state index in [9.17, 15) is 4.79 Å². The van der Waals surface area contributed by atoms with Crippen molar-refractivity contribution in [2.75, 3.05) is 5.32 Å². The summed E-state index contributed by atoms with van der Waals surface area (Å²) in [5.41, 5.74) is 3.68. The third-order valence-corrected chi connectivity index (χ3v) is 3.99. The number of hydrogen-bond donors (Lipinski definition) is 1. The van der Waals surface area contributed by atoms with Crippen LogP contribution in [0.2, 0.25) is 0 Å². The fourth-order valence-corrected chi connectivity index (χ4v) is 2.73. The number of carbonyl (C=O) groups excluding carboxylic acids is 1. The Kier molecular flexibility index (Phi) is 4.07. The van der Waals surface area contributed by atoms with Gasteiger partial charge in [-0.15, -0.1) is 0 Å². The normalized spacial score (nSPS) is 10.7. The number of rotatable bonds is 4. The van der Waals surface area contributed by atoms with E-state index in [0.717, 1.165) is 16.9 Å². The zero-order valence-corrected chi connectivity index (χ0v) is 14.1. The number of nitrogens with zero attached hydrogens (tertiary/aromatic N) is 3. The molecule has 1 aromatic carbocycles. The number of nitrogens with one attached hydrogen (secondary N) is 1. The lowest BCUT2D eigenvalue weighted by atomic mass is 10.2. The highest BCUT2D eigenvalue weighted by atomic mass is 16.4. The van der Waals surface area contributed by atoms with Crippen LogP contribution >= 0.6 is 0 Å². The Balaban J connectivity index is 1.57. The predicted molar refractivity (Wildman–Crippen MR) is 98.2 cm³/mol. The van der Waals surface area contributed by atoms with E-state index in [-0.39, 0.29) is 11.9 Å². The summed E-state index contributed by atoms with van der Waals surface area (Å²) in [6.07, 6.45) is 5.02. The summed E-state index contributed by atoms with van der Waals surface area (Å²) in [4.78, 5) is 21.3. The zero-order chi connectivity index (χ0) is 17.9. The van der Waals surface area contributed by atoms with Gasteiger partial charge in [-0.1, -0.05) is 24.3 Å². The van der Waals surface area contributed by atoms with E-state index >= 15 is 0 Å². The van der Waals surface area contributed by atoms with E-state index in [1.54, 1.807) is 12.3 Å². The Morgan fingerprint density at radius 1 is 1.08 bits per heavy atom. The molecule has 0 bridgehead atoms. The minimum Gasteiger partial charge on any atom is -0.431 e. The quantitative estimate of drug-likeness (QED) is 0.605. The van der Waals surface area contributed by atoms with Gasteiger partial charge in [0, 0.05) is 18.1 Å². The first-order valence-corrected chi connectivity index (χ1v) is 8.14. The molecule has 0 aliphatic carbocycles. The van der Waals surface area contributed by atoms with Crippen LogP contribution in [0.15, 0.2) is 77.7 Å². The van der Waals surface area contributed by atoms with Gasteiger partial charge >= 0.3 is 6.01 Å². The second kappa shape index (κ2) is 6.68. The molecule has 6 heteroatoms. The molecule has 128 valence electrons. The Bertz CT molecular complexity index is 1050. The van der Waals surface area contributed by atoms with Crippen LogP contribution in [-0.2, 0) is 0 Å². The van der Waals surface area contributed by atoms with Gasteiger partial charge in [0.1, 0.15) is 17.7 Å². The lowest BCUT2D eigenvalue weighted by Crippen LogP contribution is -2.16. The lowest BCUT2D eigenvalue weighted by Gasteiger charge is -2.08. The van der Waals surface area contributed by atoms with Crippen molar-refractivity contribution >= 4 is 11.9 Å². The van der Waals surface area contributed by atoms with E-state index in [1.807, 2.05) is 66.2 Å². The number of hydrogen-bond acceptors (Lipinski definition) is 4. The van der Waals surface area contributed by atoms with E-state index in [1.165, 1.54) is 6.26 Å². The smallest absolute Gasteiger partial charge is 0.302 e. The maximum Gasteiger partial charge on any atom is 0.302 e. The van der Waals surface area contributed by atoms with Crippen molar-refractivity contribution in [2.24, 2.45) is 0 Å². The average Bonchev–Trinajstić information content (AvgIpc) is 3.32. The number of anilines is 1. The maximum atomic E-state index is 12.6. The first-order chi connectivity index (χ1) is 12.7. The van der Waals surface area contributed by atoms with E-state index < -0.39 is 0 Å². The summed E-state index contributed by atoms with van der Waals surface area (Å²) >= 11 is 0. The number of carbonyl (C=O) groups is 1. The number of para-hydroxylation sites is 1. The van der Waals surface area contributed by atoms with Crippen molar-refractivity contribution in [1.29, 1.82) is 0 Å². The minimum absolute atomic E-state index is 0.135. The van der Waals surface area contributed by atoms with Crippen LogP contribution in [-0.4, -0.2) is 20.4 Å². The molecular weight excluding hydrogens is 328 g/mol. The Hall–Kier alpha value is -3.67. The topological polar surface area (TPSA) is 73.0 Å². The van der Waals surface area contributed by atoms with Crippen molar-refractivity contribution < 1.29 is 9.21 Å². The van der Waals surface area contributed by atoms with Gasteiger partial charge in [0.05, 0.1) is 5.69 Å². The Morgan fingerprint density at radius 3 is 2.73 bits per heavy atom. The largest absolute Gasteiger partial charge is 0.431 e. The lowest BCUT2D eigenvalue weighted by molar-refractivity contribution is 0.101. The summed E-state index contributed by atoms with van der Waals surface area (Å²) in [6.45, 7) is 1.95. The highest BCUT2D eigenvalue weighted by Crippen LogP contribution is 2.22. The zero-order valence-electron chi connectivity index (χ0n) is 14.1. The predicted octanol–water partition coefficient (Wildman–Crippen LogP) is 4.09. The van der Waals surface area contributed by atoms with E-state index in [2.05, 4.69) is 15.3 Å². The highest BCUT2D eigenvalue weighted by molar-refractivity contribution is 6.02. The second-order valence-electron chi connectivity index (χ2n) is 5.76. The van der Waals surface area contributed by atoms with Gasteiger partial charge < -0.3 is 8.98 Å². The number of pyridine rings is 1. The fraction of sp³-hybridized carbons (Fsp3) is 0.0500. The summed E-state index contributed by atoms with van der Waals surface area (Å²) < 4.78 is 7.20. The third-order valence-electron chi connectivity index (χ3n) is 3.99. The number of amides is 1. The Morgan fingerprint density at radius 2 is 1.92 bits per heavy atom. The Labute approximate surface area is 150 Å². The van der Waals surface area contributed by atoms with Gasteiger partial charge in [0.15, 0.2) is 0 Å². The molecule has 0 aliphatic heterocycles. The second-order valence-corrected chi connectivity index (χ2v) is 5.76. The molecular formula is C20H16N4O2. The molecule has 0 aliphatic rings. The van der Waals surface area contributed by atoms with Crippen LogP contribution in [0.5, 0.6) is 0 Å². The standard InChI is InChI=1S/C20H16N4O2/c1-14-7-5-11-21-18(14)16-13-26-20(22-16)23-19(25)17-10-6-12-24(17)15-8-3-2-4-9-15/h2-13H,1H3,(H,22,23,25). The number of aromatic nitrogens is 3. The van der Waals surface area contributed by atoms with Crippen molar-refractivity contribution in [2.45, 2.75) is 6.92 Å². The van der Waals surface area contributed by atoms with E-state index in [4.69, 9.17) is 4.42 Å². The highest BCUT2D eigenvalue weighted by Gasteiger charge is 2.16. The van der Waals surface area contributed by atoms with Gasteiger partial charge in [-0.25, -0.2) is 0 Å². The molecule has 3 heterocycles. The number of benzene rings is 1. The summed E-state index contributed by atoms with van der Waals surface area (Å²) in [6, 6.07) is 17.2. The molecule has 0 unspecified atom stereocenters. The molecule has 1 amide bonds. The van der Waals surface area contributed by atoms with Crippen LogP contribution in [0.3, 0.4) is 0 Å². The SMILES string of the molecule is Cc1cccnc1-c1coc(NC(=O)c2cccn2-c2ccccc2)n1. The summed E-state index contributed by atoms with van der Waals surface area (Å²) in [5, 5.41) is 2.70. The molecule has 4 rings (SSSR count). The van der Waals surface area contributed by atoms with Gasteiger partial charge in [0.25, 0.3) is 5.91 Å². The van der Waals surface area contributed by atoms with Crippen LogP contribution in [0.4, 0.5) is 6.01 Å². The molecule has 0 atom stereocenters. The molecule has 4 aromatic rings. The molecule has 0 radical (unpaired) electrons. The average molecular weight is 344 g/mol. The minimum atomic E-state index is -0.301. The molecule has 1 N–H and O–H groups in total. The van der Waals surface area contributed by atoms with Gasteiger partial charge in [-0.05, 0) is 42.8 Å². The van der Waals surface area contributed by atoms with Crippen LogP contribution in [0, 0.1) is 6.92 Å². The monoisotopic (exact) mass is 344 g/mol. The fourth-order valence-electron chi connectivity index (χ4n) is 2.73. The van der Waals surface area contributed by atoms with Crippen LogP contribution in [0.25, 0.3) is 17.1 Å². The molecule has 0 saturated carbocycles. The first kappa shape index (κ1) is 15.8. The van der Waals surface area contributed by atoms with Gasteiger partial charge in [-0.2, -0.15) is 4.98 Å². The van der Waals surface area contributed by atoms with Gasteiger partial charge in [0.2, 0.25) is 0 Å². The van der Waals surface area contributed by atoms with Gasteiger partial charge in [-0.3, -0.25) is 15.1 Å². The van der Waals surface area contributed by atoms with Crippen molar-refractivity contribution in [1.82, 2.24) is 14.5 Å². The van der Waals surface area contributed by atoms with Crippen LogP contribution < -0.4 is 5.32 Å². The first-order valence-electron chi connectivity index (χ1n) is 8.14. The molecule has 6 nitrogen and oxygen atoms in total. The molecule has 0 spiro atoms. The number of aryl methyl sites for hydroxylation is 1. The number of oxazole rings is 1. The summed E-state index contributed by atoms with van der Waals surface area (Å²) in [7, 11) is 0. The molecule has 26 heavy (non-hydrogen) atoms. The third kappa shape index (κ3) is 3.00. The van der Waals surface area contributed by atoms with Crippen LogP contribution in [0.1, 0.15) is 16.1 Å². The summed E-state index contributed by atoms with van der Waals surface area (Å²) in [5.74, 6) is -0.301. The van der Waals surface area contributed by atoms with E-state index in [0.29, 0.717) is 11.4 Å². The maximum absolute atomic E-state index is 12.6. The van der Waals surface area contributed by atoms with Crippen molar-refractivity contribution in [3.63, 3.8) is 0 Å². The van der Waals surface area contributed by atoms with Crippen molar-refractivity contribution in [3.8, 4) is 17.1 Å². The van der Waals surface area contributed by atoms with Crippen molar-refractivity contribution in [3.05, 3.63) is 84.5 Å². The molecule has 3 aromatic heterocycles. The molecule has 0 saturated heterocycles. The molecule has 0 fully saturated rings.